The van der Waals surface area contributed by atoms with E-state index in [0.717, 1.165) is 25.1 Å². The molecule has 1 aromatic rings. The monoisotopic (exact) mass is 191 g/mol. The summed E-state index contributed by atoms with van der Waals surface area (Å²) in [5.41, 5.74) is 0.995. The molecule has 1 aliphatic carbocycles. The number of carbonyl (C=O) groups excluding carboxylic acids is 1. The molecular weight excluding hydrogens is 178 g/mol. The Morgan fingerprint density at radius 1 is 1.50 bits per heavy atom. The Labute approximate surface area is 82.1 Å². The average Bonchev–Trinajstić information content (AvgIpc) is 2.67. The van der Waals surface area contributed by atoms with Crippen LogP contribution >= 0.6 is 0 Å². The second kappa shape index (κ2) is 2.59. The molecule has 1 spiro atoms. The second-order valence-electron chi connectivity index (χ2n) is 4.28. The Morgan fingerprint density at radius 2 is 2.36 bits per heavy atom. The normalized spacial score (nSPS) is 28.9. The Balaban J connectivity index is 1.97. The number of amides is 1. The van der Waals surface area contributed by atoms with Crippen LogP contribution in [-0.4, -0.2) is 22.6 Å². The van der Waals surface area contributed by atoms with Crippen molar-refractivity contribution in [2.75, 3.05) is 6.54 Å². The van der Waals surface area contributed by atoms with Crippen LogP contribution in [0.2, 0.25) is 0 Å². The first-order valence-electron chi connectivity index (χ1n) is 5.10. The Bertz CT molecular complexity index is 353. The van der Waals surface area contributed by atoms with Crippen LogP contribution < -0.4 is 5.32 Å². The smallest absolute Gasteiger partial charge is 0.226 e. The van der Waals surface area contributed by atoms with Crippen molar-refractivity contribution < 1.29 is 4.79 Å². The van der Waals surface area contributed by atoms with E-state index >= 15 is 0 Å². The number of aromatic nitrogens is 2. The summed E-state index contributed by atoms with van der Waals surface area (Å²) in [5, 5.41) is 9.90. The number of hydrogen-bond acceptors (Lipinski definition) is 2. The Kier molecular flexibility index (Phi) is 1.48. The lowest BCUT2D eigenvalue weighted by molar-refractivity contribution is -0.132. The highest BCUT2D eigenvalue weighted by atomic mass is 16.2. The van der Waals surface area contributed by atoms with Gasteiger partial charge in [-0.25, -0.2) is 0 Å². The molecule has 1 unspecified atom stereocenters. The number of hydrogen-bond donors (Lipinski definition) is 2. The van der Waals surface area contributed by atoms with Crippen molar-refractivity contribution in [2.45, 2.75) is 25.2 Å². The first-order chi connectivity index (χ1) is 6.83. The molecule has 3 rings (SSSR count). The van der Waals surface area contributed by atoms with Crippen molar-refractivity contribution >= 4 is 5.91 Å². The molecule has 2 aliphatic rings. The minimum Gasteiger partial charge on any atom is -0.355 e. The molecule has 2 fully saturated rings. The molecule has 0 aromatic carbocycles. The van der Waals surface area contributed by atoms with Crippen molar-refractivity contribution in [2.24, 2.45) is 5.41 Å². The highest BCUT2D eigenvalue weighted by molar-refractivity contribution is 5.87. The van der Waals surface area contributed by atoms with E-state index in [9.17, 15) is 4.79 Å². The van der Waals surface area contributed by atoms with Gasteiger partial charge < -0.3 is 5.32 Å². The average molecular weight is 191 g/mol. The summed E-state index contributed by atoms with van der Waals surface area (Å²) in [7, 11) is 0. The fourth-order valence-corrected chi connectivity index (χ4v) is 2.73. The number of H-pyrrole nitrogens is 1. The molecule has 0 bridgehead atoms. The van der Waals surface area contributed by atoms with Crippen LogP contribution in [0.5, 0.6) is 0 Å². The van der Waals surface area contributed by atoms with Gasteiger partial charge in [-0.2, -0.15) is 5.10 Å². The van der Waals surface area contributed by atoms with E-state index in [0.29, 0.717) is 5.92 Å². The number of nitrogens with zero attached hydrogens (tertiary/aromatic N) is 1. The van der Waals surface area contributed by atoms with Crippen LogP contribution in [0.15, 0.2) is 12.3 Å². The predicted molar refractivity (Wildman–Crippen MR) is 50.6 cm³/mol. The van der Waals surface area contributed by atoms with Gasteiger partial charge in [-0.3, -0.25) is 9.89 Å². The summed E-state index contributed by atoms with van der Waals surface area (Å²) >= 11 is 0. The van der Waals surface area contributed by atoms with Gasteiger partial charge in [-0.15, -0.1) is 0 Å². The molecule has 14 heavy (non-hydrogen) atoms. The van der Waals surface area contributed by atoms with E-state index in [4.69, 9.17) is 0 Å². The van der Waals surface area contributed by atoms with Crippen LogP contribution in [0.25, 0.3) is 0 Å². The van der Waals surface area contributed by atoms with Crippen molar-refractivity contribution in [3.63, 3.8) is 0 Å². The van der Waals surface area contributed by atoms with E-state index in [1.54, 1.807) is 6.20 Å². The van der Waals surface area contributed by atoms with Gasteiger partial charge in [0.15, 0.2) is 0 Å². The summed E-state index contributed by atoms with van der Waals surface area (Å²) in [5.74, 6) is 0.551. The lowest BCUT2D eigenvalue weighted by Gasteiger charge is -2.39. The van der Waals surface area contributed by atoms with E-state index in [1.807, 2.05) is 6.07 Å². The largest absolute Gasteiger partial charge is 0.355 e. The van der Waals surface area contributed by atoms with Gasteiger partial charge in [0.25, 0.3) is 0 Å². The number of rotatable bonds is 1. The molecule has 74 valence electrons. The van der Waals surface area contributed by atoms with Crippen LogP contribution in [0.4, 0.5) is 0 Å². The number of carbonyl (C=O) groups is 1. The van der Waals surface area contributed by atoms with E-state index in [2.05, 4.69) is 15.5 Å². The molecule has 2 heterocycles. The third-order valence-electron chi connectivity index (χ3n) is 3.73. The molecule has 1 saturated heterocycles. The van der Waals surface area contributed by atoms with Crippen molar-refractivity contribution in [3.05, 3.63) is 18.0 Å². The van der Waals surface area contributed by atoms with Crippen LogP contribution in [0.3, 0.4) is 0 Å². The quantitative estimate of drug-likeness (QED) is 0.689. The van der Waals surface area contributed by atoms with E-state index < -0.39 is 0 Å². The van der Waals surface area contributed by atoms with Gasteiger partial charge in [0, 0.05) is 24.4 Å². The minimum atomic E-state index is -0.105. The zero-order valence-corrected chi connectivity index (χ0v) is 7.92. The molecular formula is C10H13N3O. The summed E-state index contributed by atoms with van der Waals surface area (Å²) in [6, 6.07) is 1.98. The summed E-state index contributed by atoms with van der Waals surface area (Å²) in [4.78, 5) is 11.7. The topological polar surface area (TPSA) is 57.8 Å². The molecule has 4 heteroatoms. The molecule has 1 amide bonds. The maximum absolute atomic E-state index is 11.7. The molecule has 0 radical (unpaired) electrons. The second-order valence-corrected chi connectivity index (χ2v) is 4.28. The molecule has 1 aromatic heterocycles. The van der Waals surface area contributed by atoms with Crippen molar-refractivity contribution in [1.82, 2.24) is 15.5 Å². The number of nitrogens with one attached hydrogen (secondary N) is 2. The van der Waals surface area contributed by atoms with Gasteiger partial charge in [0.05, 0.1) is 5.41 Å². The van der Waals surface area contributed by atoms with Gasteiger partial charge in [-0.1, -0.05) is 6.42 Å². The third kappa shape index (κ3) is 0.832. The van der Waals surface area contributed by atoms with Gasteiger partial charge in [0.1, 0.15) is 0 Å². The van der Waals surface area contributed by atoms with Crippen molar-refractivity contribution in [1.29, 1.82) is 0 Å². The fraction of sp³-hybridized carbons (Fsp3) is 0.600. The Hall–Kier alpha value is -1.32. The maximum Gasteiger partial charge on any atom is 0.226 e. The molecule has 1 aliphatic heterocycles. The molecule has 1 atom stereocenters. The summed E-state index contributed by atoms with van der Waals surface area (Å²) < 4.78 is 0. The summed E-state index contributed by atoms with van der Waals surface area (Å²) in [6.45, 7) is 0.765. The van der Waals surface area contributed by atoms with E-state index in [-0.39, 0.29) is 11.3 Å². The van der Waals surface area contributed by atoms with Crippen LogP contribution in [0.1, 0.15) is 30.9 Å². The van der Waals surface area contributed by atoms with Gasteiger partial charge in [-0.05, 0) is 18.9 Å². The highest BCUT2D eigenvalue weighted by Crippen LogP contribution is 2.53. The summed E-state index contributed by atoms with van der Waals surface area (Å²) in [6.07, 6.45) is 4.99. The lowest BCUT2D eigenvalue weighted by Crippen LogP contribution is -2.40. The Morgan fingerprint density at radius 3 is 2.93 bits per heavy atom. The molecule has 1 saturated carbocycles. The van der Waals surface area contributed by atoms with Crippen LogP contribution in [0, 0.1) is 5.41 Å². The zero-order valence-electron chi connectivity index (χ0n) is 7.92. The zero-order chi connectivity index (χ0) is 9.60. The van der Waals surface area contributed by atoms with Gasteiger partial charge >= 0.3 is 0 Å². The first-order valence-corrected chi connectivity index (χ1v) is 5.10. The third-order valence-corrected chi connectivity index (χ3v) is 3.73. The first kappa shape index (κ1) is 8.03. The lowest BCUT2D eigenvalue weighted by atomic mass is 9.61. The highest BCUT2D eigenvalue weighted by Gasteiger charge is 2.54. The minimum absolute atomic E-state index is 0.105. The molecule has 4 nitrogen and oxygen atoms in total. The van der Waals surface area contributed by atoms with Crippen LogP contribution in [-0.2, 0) is 4.79 Å². The molecule has 2 N–H and O–H groups in total. The van der Waals surface area contributed by atoms with E-state index in [1.165, 1.54) is 6.42 Å². The van der Waals surface area contributed by atoms with Crippen molar-refractivity contribution in [3.8, 4) is 0 Å². The number of aromatic amines is 1. The maximum atomic E-state index is 11.7. The van der Waals surface area contributed by atoms with Gasteiger partial charge in [0.2, 0.25) is 5.91 Å². The SMILES string of the molecule is O=C1NCC(c2ccn[nH]2)C12CCC2. The predicted octanol–water partition coefficient (Wildman–Crippen LogP) is 0.793. The standard InChI is InChI=1S/C10H13N3O/c14-9-10(3-1-4-10)7(6-11-9)8-2-5-12-13-8/h2,5,7H,1,3-4,6H2,(H,11,14)(H,12,13). The fourth-order valence-electron chi connectivity index (χ4n) is 2.73.